The summed E-state index contributed by atoms with van der Waals surface area (Å²) in [4.78, 5) is 15.0. The predicted molar refractivity (Wildman–Crippen MR) is 137 cm³/mol. The third-order valence-corrected chi connectivity index (χ3v) is 7.54. The highest BCUT2D eigenvalue weighted by molar-refractivity contribution is 5.91. The van der Waals surface area contributed by atoms with Crippen molar-refractivity contribution in [3.63, 3.8) is 0 Å². The van der Waals surface area contributed by atoms with Crippen LogP contribution in [-0.4, -0.2) is 36.0 Å². The summed E-state index contributed by atoms with van der Waals surface area (Å²) >= 11 is 0. The molecular weight excluding hydrogens is 408 g/mol. The van der Waals surface area contributed by atoms with E-state index in [2.05, 4.69) is 84.7 Å². The smallest absolute Gasteiger partial charge is 0.287 e. The number of rotatable bonds is 8. The number of carbonyl (C=O) groups is 1. The number of hydrogen-bond donors (Lipinski definition) is 1. The van der Waals surface area contributed by atoms with Gasteiger partial charge in [-0.3, -0.25) is 9.69 Å². The highest BCUT2D eigenvalue weighted by Gasteiger charge is 2.37. The zero-order valence-electron chi connectivity index (χ0n) is 22.3. The lowest BCUT2D eigenvalue weighted by Crippen LogP contribution is -2.42. The number of aryl methyl sites for hydroxylation is 1. The Bertz CT molecular complexity index is 974. The first-order chi connectivity index (χ1) is 15.3. The maximum atomic E-state index is 12.6. The fraction of sp³-hybridized carbons (Fsp3) is 0.621. The molecular formula is C29H44N2O2. The van der Waals surface area contributed by atoms with E-state index in [1.165, 1.54) is 35.1 Å². The molecule has 0 fully saturated rings. The van der Waals surface area contributed by atoms with Crippen LogP contribution in [0.15, 0.2) is 28.7 Å². The van der Waals surface area contributed by atoms with Gasteiger partial charge < -0.3 is 9.73 Å². The van der Waals surface area contributed by atoms with Crippen LogP contribution >= 0.6 is 0 Å². The minimum absolute atomic E-state index is 0.140. The molecule has 0 unspecified atom stereocenters. The number of nitrogens with zero attached hydrogens (tertiary/aromatic N) is 1. The van der Waals surface area contributed by atoms with Gasteiger partial charge in [0.15, 0.2) is 5.76 Å². The largest absolute Gasteiger partial charge is 0.456 e. The van der Waals surface area contributed by atoms with Crippen molar-refractivity contribution in [1.82, 2.24) is 10.2 Å². The fourth-order valence-electron chi connectivity index (χ4n) is 5.24. The first-order valence-electron chi connectivity index (χ1n) is 12.6. The highest BCUT2D eigenvalue weighted by atomic mass is 16.3. The Balaban J connectivity index is 1.70. The number of fused-ring (bicyclic) bond motifs is 1. The Morgan fingerprint density at radius 1 is 1.00 bits per heavy atom. The molecule has 4 nitrogen and oxygen atoms in total. The summed E-state index contributed by atoms with van der Waals surface area (Å²) in [7, 11) is 0. The van der Waals surface area contributed by atoms with Gasteiger partial charge in [0.05, 0.1) is 0 Å². The van der Waals surface area contributed by atoms with Gasteiger partial charge in [0.2, 0.25) is 0 Å². The molecule has 1 N–H and O–H groups in total. The van der Waals surface area contributed by atoms with E-state index in [0.717, 1.165) is 12.3 Å². The molecule has 1 aliphatic rings. The third kappa shape index (κ3) is 5.71. The summed E-state index contributed by atoms with van der Waals surface area (Å²) in [6, 6.07) is 9.42. The number of hydrogen-bond acceptors (Lipinski definition) is 3. The molecule has 182 valence electrons. The molecule has 4 heteroatoms. The van der Waals surface area contributed by atoms with E-state index in [0.29, 0.717) is 30.8 Å². The van der Waals surface area contributed by atoms with Crippen molar-refractivity contribution in [2.45, 2.75) is 104 Å². The fourth-order valence-corrected chi connectivity index (χ4v) is 5.24. The number of nitrogens with one attached hydrogen (secondary N) is 1. The lowest BCUT2D eigenvalue weighted by molar-refractivity contribution is 0.0910. The van der Waals surface area contributed by atoms with Crippen molar-refractivity contribution in [2.75, 3.05) is 13.1 Å². The molecule has 1 amide bonds. The molecule has 0 aliphatic heterocycles. The highest BCUT2D eigenvalue weighted by Crippen LogP contribution is 2.46. The van der Waals surface area contributed by atoms with E-state index >= 15 is 0 Å². The van der Waals surface area contributed by atoms with Crippen molar-refractivity contribution < 1.29 is 9.21 Å². The SMILES string of the molecule is Cc1cc2c(cc1Cc1ccc(C(=O)NCCN(C(C)C)C(C)C)o1)C(C)(C)CCC2(C)C. The van der Waals surface area contributed by atoms with Crippen LogP contribution < -0.4 is 5.32 Å². The summed E-state index contributed by atoms with van der Waals surface area (Å²) in [5.41, 5.74) is 5.92. The minimum atomic E-state index is -0.140. The van der Waals surface area contributed by atoms with Crippen LogP contribution in [0.1, 0.15) is 107 Å². The molecule has 0 saturated carbocycles. The number of amides is 1. The zero-order valence-corrected chi connectivity index (χ0v) is 22.3. The summed E-state index contributed by atoms with van der Waals surface area (Å²) in [6.45, 7) is 21.8. The summed E-state index contributed by atoms with van der Waals surface area (Å²) in [5.74, 6) is 1.09. The zero-order chi connectivity index (χ0) is 24.6. The first-order valence-corrected chi connectivity index (χ1v) is 12.6. The van der Waals surface area contributed by atoms with Gasteiger partial charge in [0.1, 0.15) is 5.76 Å². The molecule has 0 bridgehead atoms. The van der Waals surface area contributed by atoms with Crippen LogP contribution in [0.3, 0.4) is 0 Å². The van der Waals surface area contributed by atoms with Crippen LogP contribution in [-0.2, 0) is 17.3 Å². The molecule has 1 aliphatic carbocycles. The molecule has 1 aromatic carbocycles. The lowest BCUT2D eigenvalue weighted by atomic mass is 9.62. The van der Waals surface area contributed by atoms with Gasteiger partial charge in [-0.15, -0.1) is 0 Å². The molecule has 0 radical (unpaired) electrons. The Morgan fingerprint density at radius 3 is 2.15 bits per heavy atom. The number of furan rings is 1. The average Bonchev–Trinajstić information content (AvgIpc) is 3.18. The average molecular weight is 453 g/mol. The monoisotopic (exact) mass is 452 g/mol. The van der Waals surface area contributed by atoms with Crippen molar-refractivity contribution in [2.24, 2.45) is 0 Å². The van der Waals surface area contributed by atoms with Crippen molar-refractivity contribution in [1.29, 1.82) is 0 Å². The first kappa shape index (κ1) is 25.6. The summed E-state index contributed by atoms with van der Waals surface area (Å²) in [6.07, 6.45) is 3.12. The Hall–Kier alpha value is -2.07. The van der Waals surface area contributed by atoms with Gasteiger partial charge in [-0.1, -0.05) is 39.8 Å². The van der Waals surface area contributed by atoms with Crippen LogP contribution in [0.25, 0.3) is 0 Å². The van der Waals surface area contributed by atoms with Gasteiger partial charge in [0, 0.05) is 31.6 Å². The topological polar surface area (TPSA) is 45.5 Å². The van der Waals surface area contributed by atoms with Crippen molar-refractivity contribution in [3.05, 3.63) is 58.0 Å². The van der Waals surface area contributed by atoms with E-state index in [9.17, 15) is 4.79 Å². The molecule has 0 atom stereocenters. The summed E-state index contributed by atoms with van der Waals surface area (Å²) in [5, 5.41) is 3.01. The molecule has 33 heavy (non-hydrogen) atoms. The molecule has 1 heterocycles. The molecule has 3 rings (SSSR count). The van der Waals surface area contributed by atoms with E-state index < -0.39 is 0 Å². The lowest BCUT2D eigenvalue weighted by Gasteiger charge is -2.42. The van der Waals surface area contributed by atoms with Gasteiger partial charge >= 0.3 is 0 Å². The van der Waals surface area contributed by atoms with Crippen LogP contribution in [0.5, 0.6) is 0 Å². The molecule has 2 aromatic rings. The van der Waals surface area contributed by atoms with E-state index in [4.69, 9.17) is 4.42 Å². The molecule has 1 aromatic heterocycles. The quantitative estimate of drug-likeness (QED) is 0.506. The normalized spacial score (nSPS) is 17.0. The van der Waals surface area contributed by atoms with Crippen molar-refractivity contribution >= 4 is 5.91 Å². The number of carbonyl (C=O) groups excluding carboxylic acids is 1. The standard InChI is InChI=1S/C29H44N2O2/c1-19(2)31(20(3)4)15-14-30-27(32)26-11-10-23(33-26)17-22-18-25-24(16-21(22)5)28(6,7)12-13-29(25,8)9/h10-11,16,18-20H,12-15,17H2,1-9H3,(H,30,32). The maximum Gasteiger partial charge on any atom is 0.287 e. The summed E-state index contributed by atoms with van der Waals surface area (Å²) < 4.78 is 5.97. The van der Waals surface area contributed by atoms with Crippen LogP contribution in [0.2, 0.25) is 0 Å². The van der Waals surface area contributed by atoms with Gasteiger partial charge in [0.25, 0.3) is 5.91 Å². The van der Waals surface area contributed by atoms with Crippen LogP contribution in [0, 0.1) is 6.92 Å². The second-order valence-electron chi connectivity index (χ2n) is 11.7. The van der Waals surface area contributed by atoms with Crippen LogP contribution in [0.4, 0.5) is 0 Å². The Kier molecular flexibility index (Phi) is 7.48. The Morgan fingerprint density at radius 2 is 1.58 bits per heavy atom. The van der Waals surface area contributed by atoms with Crippen molar-refractivity contribution in [3.8, 4) is 0 Å². The minimum Gasteiger partial charge on any atom is -0.456 e. The maximum absolute atomic E-state index is 12.6. The predicted octanol–water partition coefficient (Wildman–Crippen LogP) is 6.38. The van der Waals surface area contributed by atoms with Gasteiger partial charge in [-0.2, -0.15) is 0 Å². The van der Waals surface area contributed by atoms with E-state index in [1.807, 2.05) is 6.07 Å². The number of benzene rings is 1. The second kappa shape index (κ2) is 9.66. The molecule has 0 spiro atoms. The molecule has 0 saturated heterocycles. The Labute approximate surface area is 201 Å². The van der Waals surface area contributed by atoms with E-state index in [-0.39, 0.29) is 16.7 Å². The van der Waals surface area contributed by atoms with E-state index in [1.54, 1.807) is 6.07 Å². The van der Waals surface area contributed by atoms with Gasteiger partial charge in [-0.25, -0.2) is 0 Å². The second-order valence-corrected chi connectivity index (χ2v) is 11.7. The van der Waals surface area contributed by atoms with Gasteiger partial charge in [-0.05, 0) is 92.7 Å². The third-order valence-electron chi connectivity index (χ3n) is 7.54.